The number of alkyl halides is 3. The molecule has 0 radical (unpaired) electrons. The molecule has 12 heteroatoms. The Morgan fingerprint density at radius 1 is 1.06 bits per heavy atom. The van der Waals surface area contributed by atoms with Crippen LogP contribution in [0.15, 0.2) is 48.8 Å². The van der Waals surface area contributed by atoms with Gasteiger partial charge in [0.05, 0.1) is 47.5 Å². The molecule has 8 nitrogen and oxygen atoms in total. The molecule has 2 unspecified atom stereocenters. The molecule has 2 atom stereocenters. The summed E-state index contributed by atoms with van der Waals surface area (Å²) in [6.07, 6.45) is -1.55. The highest BCUT2D eigenvalue weighted by Crippen LogP contribution is 2.24. The Balaban J connectivity index is 1.82. The first-order valence-corrected chi connectivity index (χ1v) is 11.5. The molecule has 0 spiro atoms. The fourth-order valence-electron chi connectivity index (χ4n) is 2.81. The summed E-state index contributed by atoms with van der Waals surface area (Å²) in [6, 6.07) is 9.68. The predicted octanol–water partition coefficient (Wildman–Crippen LogP) is 3.81. The zero-order chi connectivity index (χ0) is 24.9. The molecule has 3 rings (SSSR count). The molecule has 0 fully saturated rings. The number of nitrogens with zero attached hydrogens (tertiary/aromatic N) is 4. The maximum absolute atomic E-state index is 12.8. The second kappa shape index (κ2) is 10.5. The summed E-state index contributed by atoms with van der Waals surface area (Å²) in [7, 11) is 0.111. The number of hydrogen-bond donors (Lipinski definition) is 1. The van der Waals surface area contributed by atoms with Gasteiger partial charge in [0.25, 0.3) is 0 Å². The molecule has 2 aromatic heterocycles. The third-order valence-electron chi connectivity index (χ3n) is 4.59. The highest BCUT2D eigenvalue weighted by molar-refractivity contribution is 7.84. The fraction of sp³-hybridized carbons (Fsp3) is 0.409. The standard InChI is InChI=1S/C22H26F3N5O3S/c1-21(2,3)34(31)28-20(18-10-9-17(11-26-18)33-14-22(23,24)25)19-13-30(29-27-19)12-15-5-7-16(32-4)8-6-15/h5-11,13,20,28H,12,14H2,1-4H3. The average Bonchev–Trinajstić information content (AvgIpc) is 3.24. The van der Waals surface area contributed by atoms with E-state index in [9.17, 15) is 17.4 Å². The van der Waals surface area contributed by atoms with Crippen LogP contribution in [-0.2, 0) is 17.5 Å². The molecule has 1 aromatic carbocycles. The maximum atomic E-state index is 12.8. The molecule has 3 aromatic rings. The van der Waals surface area contributed by atoms with Crippen LogP contribution < -0.4 is 14.2 Å². The van der Waals surface area contributed by atoms with Crippen molar-refractivity contribution in [1.29, 1.82) is 0 Å². The Bertz CT molecular complexity index is 1100. The number of rotatable bonds is 9. The third kappa shape index (κ3) is 7.26. The molecule has 0 aliphatic heterocycles. The SMILES string of the molecule is COc1ccc(Cn2cc(C(NS(=O)C(C)(C)C)c3ccc(OCC(F)(F)F)cn3)nn2)cc1. The van der Waals surface area contributed by atoms with Gasteiger partial charge in [-0.05, 0) is 50.6 Å². The number of hydrogen-bond acceptors (Lipinski definition) is 6. The van der Waals surface area contributed by atoms with E-state index in [1.807, 2.05) is 45.0 Å². The van der Waals surface area contributed by atoms with Gasteiger partial charge in [-0.15, -0.1) is 5.10 Å². The number of aromatic nitrogens is 4. The fourth-order valence-corrected chi connectivity index (χ4v) is 3.62. The largest absolute Gasteiger partial charge is 0.497 e. The van der Waals surface area contributed by atoms with E-state index in [1.165, 1.54) is 18.3 Å². The Morgan fingerprint density at radius 3 is 2.29 bits per heavy atom. The maximum Gasteiger partial charge on any atom is 0.422 e. The summed E-state index contributed by atoms with van der Waals surface area (Å²) in [6.45, 7) is 4.48. The van der Waals surface area contributed by atoms with Crippen molar-refractivity contribution in [2.24, 2.45) is 0 Å². The van der Waals surface area contributed by atoms with E-state index in [-0.39, 0.29) is 5.75 Å². The normalized spacial score (nSPS) is 14.0. The second-order valence-corrected chi connectivity index (χ2v) is 10.4. The Kier molecular flexibility index (Phi) is 7.93. The molecular weight excluding hydrogens is 471 g/mol. The van der Waals surface area contributed by atoms with Crippen LogP contribution in [0.1, 0.15) is 43.8 Å². The summed E-state index contributed by atoms with van der Waals surface area (Å²) >= 11 is 0. The predicted molar refractivity (Wildman–Crippen MR) is 121 cm³/mol. The minimum Gasteiger partial charge on any atom is -0.497 e. The van der Waals surface area contributed by atoms with Crippen LogP contribution in [0.3, 0.4) is 0 Å². The first-order valence-electron chi connectivity index (χ1n) is 10.3. The van der Waals surface area contributed by atoms with Gasteiger partial charge in [-0.2, -0.15) is 13.2 Å². The van der Waals surface area contributed by atoms with Gasteiger partial charge in [-0.25, -0.2) is 13.6 Å². The van der Waals surface area contributed by atoms with Crippen molar-refractivity contribution in [2.75, 3.05) is 13.7 Å². The summed E-state index contributed by atoms with van der Waals surface area (Å²) in [5.41, 5.74) is 1.85. The van der Waals surface area contributed by atoms with Crippen LogP contribution in [0, 0.1) is 0 Å². The quantitative estimate of drug-likeness (QED) is 0.484. The van der Waals surface area contributed by atoms with Crippen LogP contribution in [0.25, 0.3) is 0 Å². The molecule has 0 saturated heterocycles. The molecule has 1 N–H and O–H groups in total. The first kappa shape index (κ1) is 25.6. The molecule has 34 heavy (non-hydrogen) atoms. The lowest BCUT2D eigenvalue weighted by molar-refractivity contribution is -0.153. The summed E-state index contributed by atoms with van der Waals surface area (Å²) < 4.78 is 64.0. The van der Waals surface area contributed by atoms with Crippen LogP contribution in [0.4, 0.5) is 13.2 Å². The highest BCUT2D eigenvalue weighted by Gasteiger charge is 2.29. The average molecular weight is 498 g/mol. The first-order chi connectivity index (χ1) is 15.9. The monoisotopic (exact) mass is 497 g/mol. The number of methoxy groups -OCH3 is 1. The van der Waals surface area contributed by atoms with E-state index in [1.54, 1.807) is 18.0 Å². The van der Waals surface area contributed by atoms with E-state index >= 15 is 0 Å². The number of nitrogens with one attached hydrogen (secondary N) is 1. The van der Waals surface area contributed by atoms with Crippen molar-refractivity contribution < 1.29 is 26.9 Å². The van der Waals surface area contributed by atoms with Crippen LogP contribution >= 0.6 is 0 Å². The number of pyridine rings is 1. The number of ether oxygens (including phenoxy) is 2. The van der Waals surface area contributed by atoms with E-state index in [2.05, 4.69) is 20.0 Å². The highest BCUT2D eigenvalue weighted by atomic mass is 32.2. The van der Waals surface area contributed by atoms with Crippen molar-refractivity contribution >= 4 is 11.0 Å². The van der Waals surface area contributed by atoms with Gasteiger partial charge >= 0.3 is 6.18 Å². The summed E-state index contributed by atoms with van der Waals surface area (Å²) in [4.78, 5) is 4.22. The second-order valence-electron chi connectivity index (χ2n) is 8.44. The van der Waals surface area contributed by atoms with Gasteiger partial charge < -0.3 is 9.47 Å². The lowest BCUT2D eigenvalue weighted by atomic mass is 10.1. The van der Waals surface area contributed by atoms with E-state index in [0.717, 1.165) is 11.3 Å². The molecule has 0 aliphatic carbocycles. The molecule has 0 amide bonds. The van der Waals surface area contributed by atoms with Gasteiger partial charge in [-0.3, -0.25) is 4.98 Å². The minimum absolute atomic E-state index is 0.0278. The van der Waals surface area contributed by atoms with Crippen molar-refractivity contribution in [3.05, 3.63) is 65.7 Å². The van der Waals surface area contributed by atoms with Crippen LogP contribution in [0.2, 0.25) is 0 Å². The minimum atomic E-state index is -4.45. The Morgan fingerprint density at radius 2 is 1.74 bits per heavy atom. The van der Waals surface area contributed by atoms with E-state index in [0.29, 0.717) is 17.9 Å². The molecule has 0 bridgehead atoms. The Labute approximate surface area is 198 Å². The lowest BCUT2D eigenvalue weighted by Gasteiger charge is -2.23. The topological polar surface area (TPSA) is 91.2 Å². The molecule has 184 valence electrons. The molecular formula is C22H26F3N5O3S. The molecule has 0 saturated carbocycles. The van der Waals surface area contributed by atoms with Crippen molar-refractivity contribution in [1.82, 2.24) is 24.7 Å². The van der Waals surface area contributed by atoms with Crippen LogP contribution in [0.5, 0.6) is 11.5 Å². The van der Waals surface area contributed by atoms with Crippen LogP contribution in [-0.4, -0.2) is 48.8 Å². The van der Waals surface area contributed by atoms with Gasteiger partial charge in [0.1, 0.15) is 23.2 Å². The molecule has 0 aliphatic rings. The smallest absolute Gasteiger partial charge is 0.422 e. The summed E-state index contributed by atoms with van der Waals surface area (Å²) in [5.74, 6) is 0.714. The zero-order valence-electron chi connectivity index (χ0n) is 19.2. The lowest BCUT2D eigenvalue weighted by Crippen LogP contribution is -2.36. The zero-order valence-corrected chi connectivity index (χ0v) is 20.0. The number of halogens is 3. The Hall–Kier alpha value is -2.99. The number of benzene rings is 1. The summed E-state index contributed by atoms with van der Waals surface area (Å²) in [5, 5.41) is 8.38. The van der Waals surface area contributed by atoms with Gasteiger partial charge in [0.2, 0.25) is 0 Å². The van der Waals surface area contributed by atoms with Gasteiger partial charge in [0, 0.05) is 0 Å². The van der Waals surface area contributed by atoms with Gasteiger partial charge in [-0.1, -0.05) is 17.3 Å². The molecule has 2 heterocycles. The van der Waals surface area contributed by atoms with Crippen molar-refractivity contribution in [2.45, 2.75) is 44.3 Å². The third-order valence-corrected chi connectivity index (χ3v) is 6.16. The van der Waals surface area contributed by atoms with E-state index in [4.69, 9.17) is 9.47 Å². The van der Waals surface area contributed by atoms with E-state index < -0.39 is 34.6 Å². The van der Waals surface area contributed by atoms with Crippen molar-refractivity contribution in [3.8, 4) is 11.5 Å². The van der Waals surface area contributed by atoms with Crippen molar-refractivity contribution in [3.63, 3.8) is 0 Å². The van der Waals surface area contributed by atoms with Gasteiger partial charge in [0.15, 0.2) is 6.61 Å².